The van der Waals surface area contributed by atoms with Gasteiger partial charge in [0.15, 0.2) is 0 Å². The first kappa shape index (κ1) is 23.9. The fourth-order valence-electron chi connectivity index (χ4n) is 6.91. The average molecular weight is 582 g/mol. The van der Waals surface area contributed by atoms with Gasteiger partial charge in [-0.2, -0.15) is 0 Å². The van der Waals surface area contributed by atoms with E-state index in [0.29, 0.717) is 0 Å². The summed E-state index contributed by atoms with van der Waals surface area (Å²) in [7, 11) is 0. The lowest BCUT2D eigenvalue weighted by Gasteiger charge is -2.25. The smallest absolute Gasteiger partial charge is 0.136 e. The molecule has 0 atom stereocenters. The van der Waals surface area contributed by atoms with Gasteiger partial charge < -0.3 is 13.7 Å². The van der Waals surface area contributed by atoms with Gasteiger partial charge in [-0.1, -0.05) is 54.6 Å². The maximum atomic E-state index is 6.44. The zero-order chi connectivity index (χ0) is 28.8. The molecule has 3 nitrogen and oxygen atoms in total. The van der Waals surface area contributed by atoms with Crippen molar-refractivity contribution in [2.45, 2.75) is 0 Å². The van der Waals surface area contributed by atoms with Gasteiger partial charge in [0, 0.05) is 58.8 Å². The number of para-hydroxylation sites is 2. The van der Waals surface area contributed by atoms with Crippen molar-refractivity contribution in [3.05, 3.63) is 140 Å². The molecular formula is C40H23NO2S. The SMILES string of the molecule is c1ccc(N(c2ccc3sc4ccccc4c3c2)c2ccc3oc4ccc5c(ccc6oc7ccccc7c65)c4c3c2)cc1. The average Bonchev–Trinajstić information content (AvgIpc) is 3.76. The number of thiophene rings is 1. The van der Waals surface area contributed by atoms with Gasteiger partial charge in [0.2, 0.25) is 0 Å². The van der Waals surface area contributed by atoms with Gasteiger partial charge in [-0.3, -0.25) is 0 Å². The van der Waals surface area contributed by atoms with E-state index in [-0.39, 0.29) is 0 Å². The number of furan rings is 2. The molecule has 4 heteroatoms. The normalized spacial score (nSPS) is 12.1. The molecule has 0 saturated heterocycles. The highest BCUT2D eigenvalue weighted by Crippen LogP contribution is 2.44. The highest BCUT2D eigenvalue weighted by molar-refractivity contribution is 7.25. The monoisotopic (exact) mass is 581 g/mol. The molecule has 0 spiro atoms. The molecular weight excluding hydrogens is 559 g/mol. The van der Waals surface area contributed by atoms with Gasteiger partial charge in [-0.25, -0.2) is 0 Å². The fourth-order valence-corrected chi connectivity index (χ4v) is 8.00. The second kappa shape index (κ2) is 8.96. The zero-order valence-corrected chi connectivity index (χ0v) is 24.3. The maximum Gasteiger partial charge on any atom is 0.136 e. The van der Waals surface area contributed by atoms with E-state index < -0.39 is 0 Å². The van der Waals surface area contributed by atoms with E-state index in [2.05, 4.69) is 132 Å². The first-order valence-electron chi connectivity index (χ1n) is 14.8. The van der Waals surface area contributed by atoms with Crippen molar-refractivity contribution >= 4 is 103 Å². The van der Waals surface area contributed by atoms with Crippen molar-refractivity contribution in [1.29, 1.82) is 0 Å². The van der Waals surface area contributed by atoms with Crippen molar-refractivity contribution in [2.75, 3.05) is 4.90 Å². The Bertz CT molecular complexity index is 2730. The molecule has 0 aliphatic rings. The van der Waals surface area contributed by atoms with Crippen LogP contribution in [0.5, 0.6) is 0 Å². The number of fused-ring (bicyclic) bond motifs is 12. The second-order valence-corrected chi connectivity index (χ2v) is 12.4. The minimum absolute atomic E-state index is 0.876. The van der Waals surface area contributed by atoms with E-state index in [0.717, 1.165) is 66.3 Å². The number of benzene rings is 7. The molecule has 0 unspecified atom stereocenters. The summed E-state index contributed by atoms with van der Waals surface area (Å²) in [6.45, 7) is 0. The third kappa shape index (κ3) is 3.37. The number of nitrogens with zero attached hydrogens (tertiary/aromatic N) is 1. The van der Waals surface area contributed by atoms with E-state index in [9.17, 15) is 0 Å². The van der Waals surface area contributed by atoms with Crippen LogP contribution in [0.25, 0.3) is 74.8 Å². The summed E-state index contributed by atoms with van der Waals surface area (Å²) in [6, 6.07) is 49.4. The Morgan fingerprint density at radius 3 is 1.73 bits per heavy atom. The van der Waals surface area contributed by atoms with Gasteiger partial charge in [0.1, 0.15) is 22.3 Å². The van der Waals surface area contributed by atoms with Crippen molar-refractivity contribution in [2.24, 2.45) is 0 Å². The molecule has 0 N–H and O–H groups in total. The summed E-state index contributed by atoms with van der Waals surface area (Å²) in [4.78, 5) is 2.34. The molecule has 0 aliphatic carbocycles. The molecule has 0 fully saturated rings. The maximum absolute atomic E-state index is 6.44. The molecule has 0 saturated carbocycles. The predicted octanol–water partition coefficient (Wildman–Crippen LogP) is 12.5. The second-order valence-electron chi connectivity index (χ2n) is 11.3. The molecule has 7 aromatic carbocycles. The summed E-state index contributed by atoms with van der Waals surface area (Å²) in [5.74, 6) is 0. The van der Waals surface area contributed by atoms with Gasteiger partial charge in [-0.15, -0.1) is 11.3 Å². The van der Waals surface area contributed by atoms with Crippen LogP contribution in [0.3, 0.4) is 0 Å². The Kier molecular flexibility index (Phi) is 4.87. The predicted molar refractivity (Wildman–Crippen MR) is 186 cm³/mol. The van der Waals surface area contributed by atoms with Crippen molar-refractivity contribution in [3.8, 4) is 0 Å². The van der Waals surface area contributed by atoms with Crippen LogP contribution in [0.4, 0.5) is 17.1 Å². The molecule has 0 amide bonds. The third-order valence-electron chi connectivity index (χ3n) is 8.84. The Balaban J connectivity index is 1.24. The van der Waals surface area contributed by atoms with Gasteiger partial charge in [0.05, 0.1) is 0 Å². The lowest BCUT2D eigenvalue weighted by molar-refractivity contribution is 0.668. The van der Waals surface area contributed by atoms with E-state index >= 15 is 0 Å². The van der Waals surface area contributed by atoms with Crippen molar-refractivity contribution in [3.63, 3.8) is 0 Å². The quantitative estimate of drug-likeness (QED) is 0.208. The lowest BCUT2D eigenvalue weighted by Crippen LogP contribution is -2.09. The molecule has 0 bridgehead atoms. The largest absolute Gasteiger partial charge is 0.456 e. The molecule has 3 aromatic heterocycles. The number of hydrogen-bond donors (Lipinski definition) is 0. The van der Waals surface area contributed by atoms with Gasteiger partial charge in [0.25, 0.3) is 0 Å². The van der Waals surface area contributed by atoms with Crippen LogP contribution in [0, 0.1) is 0 Å². The molecule has 0 radical (unpaired) electrons. The minimum atomic E-state index is 0.876. The third-order valence-corrected chi connectivity index (χ3v) is 10.00. The van der Waals surface area contributed by atoms with Crippen LogP contribution < -0.4 is 4.90 Å². The summed E-state index contributed by atoms with van der Waals surface area (Å²) in [5, 5.41) is 9.40. The summed E-state index contributed by atoms with van der Waals surface area (Å²) in [6.07, 6.45) is 0. The Morgan fingerprint density at radius 1 is 0.364 bits per heavy atom. The molecule has 10 aromatic rings. The van der Waals surface area contributed by atoms with E-state index in [1.165, 1.54) is 25.6 Å². The molecule has 0 aliphatic heterocycles. The molecule has 44 heavy (non-hydrogen) atoms. The lowest BCUT2D eigenvalue weighted by atomic mass is 9.99. The molecule has 3 heterocycles. The zero-order valence-electron chi connectivity index (χ0n) is 23.5. The highest BCUT2D eigenvalue weighted by Gasteiger charge is 2.19. The molecule has 10 rings (SSSR count). The van der Waals surface area contributed by atoms with E-state index in [1.54, 1.807) is 0 Å². The molecule has 206 valence electrons. The van der Waals surface area contributed by atoms with Crippen LogP contribution in [0.1, 0.15) is 0 Å². The van der Waals surface area contributed by atoms with E-state index in [1.807, 2.05) is 23.5 Å². The number of anilines is 3. The Labute approximate surface area is 255 Å². The standard InChI is InChI=1S/C40H23NO2S/c1-2-8-24(9-3-1)41(26-15-21-38-31(22-26)27-10-5-7-13-37(27)44-38)25-14-18-34-32(23-25)40-29-17-19-35-39(28(29)16-20-36(40)43-34)30-11-4-6-12-33(30)42-35/h1-23H. The summed E-state index contributed by atoms with van der Waals surface area (Å²) in [5.41, 5.74) is 6.87. The van der Waals surface area contributed by atoms with E-state index in [4.69, 9.17) is 8.83 Å². The van der Waals surface area contributed by atoms with Crippen LogP contribution in [-0.2, 0) is 0 Å². The summed E-state index contributed by atoms with van der Waals surface area (Å²) < 4.78 is 15.3. The minimum Gasteiger partial charge on any atom is -0.456 e. The van der Waals surface area contributed by atoms with Crippen LogP contribution in [-0.4, -0.2) is 0 Å². The van der Waals surface area contributed by atoms with Crippen molar-refractivity contribution in [1.82, 2.24) is 0 Å². The first-order chi connectivity index (χ1) is 21.8. The van der Waals surface area contributed by atoms with Crippen LogP contribution >= 0.6 is 11.3 Å². The van der Waals surface area contributed by atoms with Crippen LogP contribution in [0.2, 0.25) is 0 Å². The topological polar surface area (TPSA) is 29.5 Å². The Hall–Kier alpha value is -5.58. The van der Waals surface area contributed by atoms with Gasteiger partial charge >= 0.3 is 0 Å². The first-order valence-corrected chi connectivity index (χ1v) is 15.6. The number of rotatable bonds is 3. The summed E-state index contributed by atoms with van der Waals surface area (Å²) >= 11 is 1.84. The van der Waals surface area contributed by atoms with Crippen molar-refractivity contribution < 1.29 is 8.83 Å². The number of hydrogen-bond acceptors (Lipinski definition) is 4. The Morgan fingerprint density at radius 2 is 0.932 bits per heavy atom. The van der Waals surface area contributed by atoms with Crippen LogP contribution in [0.15, 0.2) is 148 Å². The van der Waals surface area contributed by atoms with Gasteiger partial charge in [-0.05, 0) is 95.7 Å². The fraction of sp³-hybridized carbons (Fsp3) is 0. The highest BCUT2D eigenvalue weighted by atomic mass is 32.1.